The molecule has 0 heterocycles. The lowest BCUT2D eigenvalue weighted by molar-refractivity contribution is 0.764. The molecular weight excluding hydrogens is 196 g/mol. The topological polar surface area (TPSA) is 35.8 Å². The van der Waals surface area contributed by atoms with E-state index in [9.17, 15) is 0 Å². The molecular formula is C11H13ClN2. The van der Waals surface area contributed by atoms with E-state index in [-0.39, 0.29) is 0 Å². The van der Waals surface area contributed by atoms with E-state index in [1.807, 2.05) is 6.07 Å². The van der Waals surface area contributed by atoms with Crippen LogP contribution >= 0.6 is 11.6 Å². The van der Waals surface area contributed by atoms with E-state index in [4.69, 9.17) is 16.9 Å². The van der Waals surface area contributed by atoms with Crippen LogP contribution in [0.5, 0.6) is 0 Å². The SMILES string of the molecule is CCC(C)Nc1ccc(C#N)cc1Cl. The predicted octanol–water partition coefficient (Wildman–Crippen LogP) is 3.42. The molecule has 1 aromatic carbocycles. The minimum Gasteiger partial charge on any atom is -0.381 e. The van der Waals surface area contributed by atoms with Gasteiger partial charge in [0.2, 0.25) is 0 Å². The minimum absolute atomic E-state index is 0.389. The molecule has 0 aromatic heterocycles. The first-order valence-electron chi connectivity index (χ1n) is 4.63. The van der Waals surface area contributed by atoms with Crippen LogP contribution in [0.3, 0.4) is 0 Å². The largest absolute Gasteiger partial charge is 0.381 e. The van der Waals surface area contributed by atoms with Crippen LogP contribution in [0.2, 0.25) is 5.02 Å². The molecule has 0 aliphatic heterocycles. The third-order valence-corrected chi connectivity index (χ3v) is 2.43. The Balaban J connectivity index is 2.85. The number of hydrogen-bond acceptors (Lipinski definition) is 2. The van der Waals surface area contributed by atoms with Gasteiger partial charge in [0.05, 0.1) is 22.3 Å². The zero-order valence-corrected chi connectivity index (χ0v) is 9.10. The Hall–Kier alpha value is -1.20. The Morgan fingerprint density at radius 3 is 2.79 bits per heavy atom. The lowest BCUT2D eigenvalue weighted by Gasteiger charge is -2.14. The van der Waals surface area contributed by atoms with Crippen LogP contribution in [0, 0.1) is 11.3 Å². The maximum Gasteiger partial charge on any atom is 0.0992 e. The van der Waals surface area contributed by atoms with Crippen molar-refractivity contribution in [3.05, 3.63) is 28.8 Å². The van der Waals surface area contributed by atoms with Crippen LogP contribution in [0.15, 0.2) is 18.2 Å². The first-order valence-corrected chi connectivity index (χ1v) is 5.01. The van der Waals surface area contributed by atoms with Crippen LogP contribution in [-0.4, -0.2) is 6.04 Å². The summed E-state index contributed by atoms with van der Waals surface area (Å²) in [4.78, 5) is 0. The van der Waals surface area contributed by atoms with Crippen molar-refractivity contribution in [1.29, 1.82) is 5.26 Å². The van der Waals surface area contributed by atoms with Crippen molar-refractivity contribution in [1.82, 2.24) is 0 Å². The Morgan fingerprint density at radius 2 is 2.29 bits per heavy atom. The fourth-order valence-electron chi connectivity index (χ4n) is 1.07. The van der Waals surface area contributed by atoms with Crippen LogP contribution < -0.4 is 5.32 Å². The fourth-order valence-corrected chi connectivity index (χ4v) is 1.30. The van der Waals surface area contributed by atoms with E-state index in [1.165, 1.54) is 0 Å². The van der Waals surface area contributed by atoms with E-state index in [0.717, 1.165) is 12.1 Å². The quantitative estimate of drug-likeness (QED) is 0.826. The summed E-state index contributed by atoms with van der Waals surface area (Å²) in [6.45, 7) is 4.20. The first-order chi connectivity index (χ1) is 6.67. The second-order valence-corrected chi connectivity index (χ2v) is 3.67. The number of benzene rings is 1. The molecule has 1 rings (SSSR count). The van der Waals surface area contributed by atoms with E-state index in [0.29, 0.717) is 16.6 Å². The number of nitriles is 1. The van der Waals surface area contributed by atoms with Crippen molar-refractivity contribution >= 4 is 17.3 Å². The Morgan fingerprint density at radius 1 is 1.57 bits per heavy atom. The van der Waals surface area contributed by atoms with Gasteiger partial charge in [-0.2, -0.15) is 5.26 Å². The van der Waals surface area contributed by atoms with Crippen molar-refractivity contribution in [3.8, 4) is 6.07 Å². The molecule has 74 valence electrons. The monoisotopic (exact) mass is 208 g/mol. The van der Waals surface area contributed by atoms with Gasteiger partial charge < -0.3 is 5.32 Å². The predicted molar refractivity (Wildman–Crippen MR) is 59.5 cm³/mol. The summed E-state index contributed by atoms with van der Waals surface area (Å²) in [5, 5.41) is 12.5. The minimum atomic E-state index is 0.389. The summed E-state index contributed by atoms with van der Waals surface area (Å²) < 4.78 is 0. The molecule has 1 atom stereocenters. The van der Waals surface area contributed by atoms with Gasteiger partial charge in [0.1, 0.15) is 0 Å². The van der Waals surface area contributed by atoms with Crippen molar-refractivity contribution < 1.29 is 0 Å². The zero-order valence-electron chi connectivity index (χ0n) is 8.34. The van der Waals surface area contributed by atoms with Crippen LogP contribution in [-0.2, 0) is 0 Å². The summed E-state index contributed by atoms with van der Waals surface area (Å²) in [7, 11) is 0. The summed E-state index contributed by atoms with van der Waals surface area (Å²) in [6, 6.07) is 7.71. The lowest BCUT2D eigenvalue weighted by Crippen LogP contribution is -2.13. The number of halogens is 1. The molecule has 0 fully saturated rings. The molecule has 0 spiro atoms. The van der Waals surface area contributed by atoms with Gasteiger partial charge in [-0.3, -0.25) is 0 Å². The summed E-state index contributed by atoms with van der Waals surface area (Å²) in [5.74, 6) is 0. The highest BCUT2D eigenvalue weighted by atomic mass is 35.5. The van der Waals surface area contributed by atoms with Crippen molar-refractivity contribution in [2.75, 3.05) is 5.32 Å². The first kappa shape index (κ1) is 10.9. The zero-order chi connectivity index (χ0) is 10.6. The summed E-state index contributed by atoms with van der Waals surface area (Å²) in [5.41, 5.74) is 1.48. The maximum absolute atomic E-state index is 8.65. The third-order valence-electron chi connectivity index (χ3n) is 2.11. The van der Waals surface area contributed by atoms with Gasteiger partial charge in [-0.25, -0.2) is 0 Å². The number of rotatable bonds is 3. The lowest BCUT2D eigenvalue weighted by atomic mass is 10.2. The van der Waals surface area contributed by atoms with Crippen molar-refractivity contribution in [3.63, 3.8) is 0 Å². The smallest absolute Gasteiger partial charge is 0.0992 e. The molecule has 0 aliphatic carbocycles. The van der Waals surface area contributed by atoms with Crippen molar-refractivity contribution in [2.45, 2.75) is 26.3 Å². The molecule has 0 saturated carbocycles. The molecule has 0 bridgehead atoms. The average molecular weight is 209 g/mol. The Bertz CT molecular complexity index is 355. The fraction of sp³-hybridized carbons (Fsp3) is 0.364. The molecule has 0 aliphatic rings. The second-order valence-electron chi connectivity index (χ2n) is 3.26. The van der Waals surface area contributed by atoms with Gasteiger partial charge in [0.15, 0.2) is 0 Å². The number of nitrogens with one attached hydrogen (secondary N) is 1. The number of hydrogen-bond donors (Lipinski definition) is 1. The Labute approximate surface area is 89.5 Å². The molecule has 0 radical (unpaired) electrons. The summed E-state index contributed by atoms with van der Waals surface area (Å²) in [6.07, 6.45) is 1.04. The van der Waals surface area contributed by atoms with E-state index in [2.05, 4.69) is 25.2 Å². The maximum atomic E-state index is 8.65. The van der Waals surface area contributed by atoms with E-state index >= 15 is 0 Å². The standard InChI is InChI=1S/C11H13ClN2/c1-3-8(2)14-11-5-4-9(7-13)6-10(11)12/h4-6,8,14H,3H2,1-2H3. The molecule has 0 saturated heterocycles. The highest BCUT2D eigenvalue weighted by Gasteiger charge is 2.03. The highest BCUT2D eigenvalue weighted by molar-refractivity contribution is 6.33. The normalized spacial score (nSPS) is 11.9. The summed E-state index contributed by atoms with van der Waals surface area (Å²) >= 11 is 6.00. The molecule has 1 aromatic rings. The van der Waals surface area contributed by atoms with Gasteiger partial charge >= 0.3 is 0 Å². The molecule has 3 heteroatoms. The van der Waals surface area contributed by atoms with E-state index in [1.54, 1.807) is 12.1 Å². The molecule has 1 unspecified atom stereocenters. The van der Waals surface area contributed by atoms with Crippen molar-refractivity contribution in [2.24, 2.45) is 0 Å². The van der Waals surface area contributed by atoms with Gasteiger partial charge in [-0.15, -0.1) is 0 Å². The van der Waals surface area contributed by atoms with Gasteiger partial charge in [-0.05, 0) is 31.5 Å². The molecule has 14 heavy (non-hydrogen) atoms. The van der Waals surface area contributed by atoms with Gasteiger partial charge in [-0.1, -0.05) is 18.5 Å². The number of nitrogens with zero attached hydrogens (tertiary/aromatic N) is 1. The molecule has 1 N–H and O–H groups in total. The van der Waals surface area contributed by atoms with Crippen LogP contribution in [0.1, 0.15) is 25.8 Å². The van der Waals surface area contributed by atoms with Crippen LogP contribution in [0.25, 0.3) is 0 Å². The number of anilines is 1. The molecule has 0 amide bonds. The Kier molecular flexibility index (Phi) is 3.79. The van der Waals surface area contributed by atoms with Gasteiger partial charge in [0, 0.05) is 6.04 Å². The average Bonchev–Trinajstić information content (AvgIpc) is 2.20. The second kappa shape index (κ2) is 4.88. The van der Waals surface area contributed by atoms with Gasteiger partial charge in [0.25, 0.3) is 0 Å². The molecule has 2 nitrogen and oxygen atoms in total. The third kappa shape index (κ3) is 2.65. The van der Waals surface area contributed by atoms with Crippen LogP contribution in [0.4, 0.5) is 5.69 Å². The highest BCUT2D eigenvalue weighted by Crippen LogP contribution is 2.23. The van der Waals surface area contributed by atoms with E-state index < -0.39 is 0 Å².